The predicted molar refractivity (Wildman–Crippen MR) is 49.1 cm³/mol. The molecule has 0 fully saturated rings. The molecule has 1 aromatic carbocycles. The number of carbonyl (C=O) groups is 1. The maximum absolute atomic E-state index is 12.7. The highest BCUT2D eigenvalue weighted by molar-refractivity contribution is 6.00. The van der Waals surface area contributed by atoms with Crippen molar-refractivity contribution in [2.75, 3.05) is 0 Å². The molecule has 0 radical (unpaired) electrons. The summed E-state index contributed by atoms with van der Waals surface area (Å²) in [4.78, 5) is 10.7. The van der Waals surface area contributed by atoms with Crippen LogP contribution in [0.3, 0.4) is 0 Å². The molecule has 5 heteroatoms. The molecule has 1 rings (SSSR count). The highest BCUT2D eigenvalue weighted by Crippen LogP contribution is 2.11. The van der Waals surface area contributed by atoms with Crippen molar-refractivity contribution in [2.24, 2.45) is 5.73 Å². The second-order valence-corrected chi connectivity index (χ2v) is 2.71. The number of primary amides is 1. The summed E-state index contributed by atoms with van der Waals surface area (Å²) in [5, 5.41) is 8.49. The van der Waals surface area contributed by atoms with E-state index in [1.807, 2.05) is 0 Å². The molecule has 0 unspecified atom stereocenters. The topological polar surface area (TPSA) is 66.9 Å². The van der Waals surface area contributed by atoms with E-state index in [-0.39, 0.29) is 11.1 Å². The summed E-state index contributed by atoms with van der Waals surface area (Å²) < 4.78 is 25.3. The van der Waals surface area contributed by atoms with Crippen LogP contribution in [0, 0.1) is 23.0 Å². The third kappa shape index (κ3) is 2.61. The first-order chi connectivity index (χ1) is 7.04. The van der Waals surface area contributed by atoms with E-state index in [1.54, 1.807) is 6.07 Å². The van der Waals surface area contributed by atoms with Crippen LogP contribution in [0.2, 0.25) is 0 Å². The molecule has 0 saturated heterocycles. The average Bonchev–Trinajstić information content (AvgIpc) is 2.19. The van der Waals surface area contributed by atoms with Crippen LogP contribution >= 0.6 is 0 Å². The molecule has 0 spiro atoms. The minimum absolute atomic E-state index is 0.198. The third-order valence-electron chi connectivity index (χ3n) is 1.64. The van der Waals surface area contributed by atoms with Gasteiger partial charge in [-0.05, 0) is 23.8 Å². The van der Waals surface area contributed by atoms with Crippen molar-refractivity contribution in [3.05, 3.63) is 41.0 Å². The minimum atomic E-state index is -1.05. The molecule has 1 amide bonds. The van der Waals surface area contributed by atoms with Gasteiger partial charge in [-0.1, -0.05) is 6.07 Å². The number of benzene rings is 1. The smallest absolute Gasteiger partial charge is 0.259 e. The number of halogens is 2. The maximum Gasteiger partial charge on any atom is 0.259 e. The van der Waals surface area contributed by atoms with Crippen LogP contribution in [-0.2, 0) is 4.79 Å². The van der Waals surface area contributed by atoms with Crippen molar-refractivity contribution in [3.8, 4) is 6.07 Å². The fourth-order valence-electron chi connectivity index (χ4n) is 0.927. The second-order valence-electron chi connectivity index (χ2n) is 2.71. The Balaban J connectivity index is 3.14. The zero-order valence-corrected chi connectivity index (χ0v) is 7.50. The van der Waals surface area contributed by atoms with E-state index in [9.17, 15) is 13.6 Å². The lowest BCUT2D eigenvalue weighted by Crippen LogP contribution is -2.12. The zero-order valence-electron chi connectivity index (χ0n) is 7.50. The molecule has 76 valence electrons. The fraction of sp³-hybridized carbons (Fsp3) is 0. The Morgan fingerprint density at radius 1 is 1.40 bits per heavy atom. The summed E-state index contributed by atoms with van der Waals surface area (Å²) in [7, 11) is 0. The number of amides is 1. The van der Waals surface area contributed by atoms with Gasteiger partial charge in [-0.3, -0.25) is 4.79 Å². The van der Waals surface area contributed by atoms with Gasteiger partial charge in [0.05, 0.1) is 0 Å². The maximum atomic E-state index is 12.7. The number of hydrogen-bond acceptors (Lipinski definition) is 2. The minimum Gasteiger partial charge on any atom is -0.365 e. The monoisotopic (exact) mass is 208 g/mol. The molecule has 1 aromatic rings. The number of nitrogens with zero attached hydrogens (tertiary/aromatic N) is 1. The molecule has 0 aromatic heterocycles. The Kier molecular flexibility index (Phi) is 3.13. The van der Waals surface area contributed by atoms with Crippen LogP contribution in [0.15, 0.2) is 23.8 Å². The van der Waals surface area contributed by atoms with Crippen LogP contribution in [0.4, 0.5) is 8.78 Å². The molecule has 0 atom stereocenters. The summed E-state index contributed by atoms with van der Waals surface area (Å²) in [6.45, 7) is 0. The van der Waals surface area contributed by atoms with Crippen LogP contribution < -0.4 is 5.73 Å². The predicted octanol–water partition coefficient (Wildman–Crippen LogP) is 1.36. The molecule has 0 saturated carbocycles. The van der Waals surface area contributed by atoms with Crippen molar-refractivity contribution in [3.63, 3.8) is 0 Å². The van der Waals surface area contributed by atoms with Gasteiger partial charge >= 0.3 is 0 Å². The van der Waals surface area contributed by atoms with E-state index >= 15 is 0 Å². The van der Waals surface area contributed by atoms with Gasteiger partial charge in [-0.15, -0.1) is 0 Å². The summed E-state index contributed by atoms with van der Waals surface area (Å²) >= 11 is 0. The first kappa shape index (κ1) is 10.9. The highest BCUT2D eigenvalue weighted by atomic mass is 19.2. The molecular weight excluding hydrogens is 202 g/mol. The molecule has 0 aliphatic heterocycles. The largest absolute Gasteiger partial charge is 0.365 e. The number of nitrogens with two attached hydrogens (primary N) is 1. The summed E-state index contributed by atoms with van der Waals surface area (Å²) in [6.07, 6.45) is 1.09. The average molecular weight is 208 g/mol. The van der Waals surface area contributed by atoms with Gasteiger partial charge in [-0.2, -0.15) is 5.26 Å². The molecule has 2 N–H and O–H groups in total. The van der Waals surface area contributed by atoms with E-state index in [2.05, 4.69) is 0 Å². The van der Waals surface area contributed by atoms with Gasteiger partial charge in [0.15, 0.2) is 11.6 Å². The third-order valence-corrected chi connectivity index (χ3v) is 1.64. The Hall–Kier alpha value is -2.22. The van der Waals surface area contributed by atoms with Crippen molar-refractivity contribution < 1.29 is 13.6 Å². The van der Waals surface area contributed by atoms with Gasteiger partial charge in [0.1, 0.15) is 11.6 Å². The van der Waals surface area contributed by atoms with Crippen LogP contribution in [0.5, 0.6) is 0 Å². The Morgan fingerprint density at radius 3 is 2.53 bits per heavy atom. The van der Waals surface area contributed by atoms with Gasteiger partial charge in [0, 0.05) is 0 Å². The van der Waals surface area contributed by atoms with Gasteiger partial charge in [-0.25, -0.2) is 8.78 Å². The van der Waals surface area contributed by atoms with E-state index in [4.69, 9.17) is 11.0 Å². The fourth-order valence-corrected chi connectivity index (χ4v) is 0.927. The normalized spacial score (nSPS) is 10.9. The summed E-state index contributed by atoms with van der Waals surface area (Å²) in [5.74, 6) is -2.96. The first-order valence-electron chi connectivity index (χ1n) is 3.91. The van der Waals surface area contributed by atoms with Gasteiger partial charge in [0.2, 0.25) is 0 Å². The summed E-state index contributed by atoms with van der Waals surface area (Å²) in [5.41, 5.74) is 4.75. The number of carbonyl (C=O) groups excluding carboxylic acids is 1. The Morgan fingerprint density at radius 2 is 2.07 bits per heavy atom. The van der Waals surface area contributed by atoms with Crippen LogP contribution in [-0.4, -0.2) is 5.91 Å². The second kappa shape index (κ2) is 4.33. The Labute approximate surface area is 84.4 Å². The SMILES string of the molecule is N#CC(=Cc1ccc(F)c(F)c1)C(N)=O. The molecular formula is C10H6F2N2O. The van der Waals surface area contributed by atoms with Crippen molar-refractivity contribution in [1.82, 2.24) is 0 Å². The lowest BCUT2D eigenvalue weighted by Gasteiger charge is -1.96. The lowest BCUT2D eigenvalue weighted by molar-refractivity contribution is -0.114. The molecule has 0 heterocycles. The highest BCUT2D eigenvalue weighted by Gasteiger charge is 2.05. The van der Waals surface area contributed by atoms with Gasteiger partial charge in [0.25, 0.3) is 5.91 Å². The van der Waals surface area contributed by atoms with Gasteiger partial charge < -0.3 is 5.73 Å². The lowest BCUT2D eigenvalue weighted by atomic mass is 10.1. The Bertz CT molecular complexity index is 475. The van der Waals surface area contributed by atoms with Crippen LogP contribution in [0.25, 0.3) is 6.08 Å². The summed E-state index contributed by atoms with van der Waals surface area (Å²) in [6, 6.07) is 4.56. The van der Waals surface area contributed by atoms with E-state index in [0.717, 1.165) is 18.2 Å². The molecule has 0 aliphatic rings. The molecule has 3 nitrogen and oxygen atoms in total. The van der Waals surface area contributed by atoms with Crippen molar-refractivity contribution in [2.45, 2.75) is 0 Å². The van der Waals surface area contributed by atoms with Crippen LogP contribution in [0.1, 0.15) is 5.56 Å². The number of hydrogen-bond donors (Lipinski definition) is 1. The number of nitriles is 1. The molecule has 0 bridgehead atoms. The van der Waals surface area contributed by atoms with Crippen molar-refractivity contribution in [1.29, 1.82) is 5.26 Å². The standard InChI is InChI=1S/C10H6F2N2O/c11-8-2-1-6(4-9(8)12)3-7(5-13)10(14)15/h1-4H,(H2,14,15). The number of rotatable bonds is 2. The molecule has 0 aliphatic carbocycles. The zero-order chi connectivity index (χ0) is 11.4. The van der Waals surface area contributed by atoms with Crippen molar-refractivity contribution >= 4 is 12.0 Å². The first-order valence-corrected chi connectivity index (χ1v) is 3.91. The van der Waals surface area contributed by atoms with E-state index in [0.29, 0.717) is 0 Å². The van der Waals surface area contributed by atoms with E-state index in [1.165, 1.54) is 6.07 Å². The molecule has 15 heavy (non-hydrogen) atoms. The van der Waals surface area contributed by atoms with E-state index < -0.39 is 17.5 Å². The quantitative estimate of drug-likeness (QED) is 0.589.